The molecule has 0 unspecified atom stereocenters. The predicted molar refractivity (Wildman–Crippen MR) is 102 cm³/mol. The Morgan fingerprint density at radius 3 is 2.68 bits per heavy atom. The average Bonchev–Trinajstić information content (AvgIpc) is 3.01. The zero-order valence-corrected chi connectivity index (χ0v) is 15.1. The van der Waals surface area contributed by atoms with Crippen molar-refractivity contribution >= 4 is 17.2 Å². The van der Waals surface area contributed by atoms with Crippen LogP contribution in [-0.2, 0) is 17.6 Å². The molecular formula is C20H21N3OS. The van der Waals surface area contributed by atoms with E-state index in [1.54, 1.807) is 17.5 Å². The van der Waals surface area contributed by atoms with Crippen LogP contribution in [-0.4, -0.2) is 22.4 Å². The number of hydrogen-bond acceptors (Lipinski definition) is 4. The minimum atomic E-state index is 0.0485. The number of nitrogens with zero attached hydrogens (tertiary/aromatic N) is 2. The summed E-state index contributed by atoms with van der Waals surface area (Å²) < 4.78 is 0. The third-order valence-corrected chi connectivity index (χ3v) is 5.08. The van der Waals surface area contributed by atoms with Gasteiger partial charge in [0.15, 0.2) is 0 Å². The van der Waals surface area contributed by atoms with Crippen LogP contribution in [0.25, 0.3) is 10.7 Å². The van der Waals surface area contributed by atoms with E-state index in [0.717, 1.165) is 34.1 Å². The molecular weight excluding hydrogens is 330 g/mol. The molecule has 4 nitrogen and oxygen atoms in total. The van der Waals surface area contributed by atoms with Gasteiger partial charge in [-0.3, -0.25) is 9.78 Å². The van der Waals surface area contributed by atoms with E-state index in [0.29, 0.717) is 13.0 Å². The maximum absolute atomic E-state index is 12.2. The molecule has 0 spiro atoms. The summed E-state index contributed by atoms with van der Waals surface area (Å²) in [7, 11) is 0. The lowest BCUT2D eigenvalue weighted by Crippen LogP contribution is -2.26. The van der Waals surface area contributed by atoms with Gasteiger partial charge in [-0.2, -0.15) is 0 Å². The van der Waals surface area contributed by atoms with Crippen LogP contribution in [0.5, 0.6) is 0 Å². The fraction of sp³-hybridized carbons (Fsp3) is 0.250. The lowest BCUT2D eigenvalue weighted by atomic mass is 10.1. The monoisotopic (exact) mass is 351 g/mol. The number of carbonyl (C=O) groups excluding carboxylic acids is 1. The van der Waals surface area contributed by atoms with Gasteiger partial charge in [-0.25, -0.2) is 4.98 Å². The molecule has 0 radical (unpaired) electrons. The molecule has 2 heterocycles. The highest BCUT2D eigenvalue weighted by atomic mass is 32.1. The third kappa shape index (κ3) is 4.97. The molecule has 128 valence electrons. The molecule has 0 bridgehead atoms. The van der Waals surface area contributed by atoms with Crippen LogP contribution >= 0.6 is 11.3 Å². The summed E-state index contributed by atoms with van der Waals surface area (Å²) >= 11 is 1.54. The van der Waals surface area contributed by atoms with Crippen LogP contribution in [0.4, 0.5) is 0 Å². The molecule has 5 heteroatoms. The van der Waals surface area contributed by atoms with Gasteiger partial charge >= 0.3 is 0 Å². The largest absolute Gasteiger partial charge is 0.356 e. The second-order valence-electron chi connectivity index (χ2n) is 5.86. The molecule has 1 amide bonds. The molecule has 1 N–H and O–H groups in total. The zero-order chi connectivity index (χ0) is 17.5. The summed E-state index contributed by atoms with van der Waals surface area (Å²) in [6.45, 7) is 2.64. The molecule has 0 fully saturated rings. The molecule has 25 heavy (non-hydrogen) atoms. The summed E-state index contributed by atoms with van der Waals surface area (Å²) in [6, 6.07) is 16.1. The van der Waals surface area contributed by atoms with Crippen molar-refractivity contribution in [1.29, 1.82) is 0 Å². The Hall–Kier alpha value is -2.53. The van der Waals surface area contributed by atoms with Crippen molar-refractivity contribution in [3.63, 3.8) is 0 Å². The Kier molecular flexibility index (Phi) is 5.90. The predicted octanol–water partition coefficient (Wildman–Crippen LogP) is 3.81. The first kappa shape index (κ1) is 17.3. The maximum Gasteiger partial charge on any atom is 0.225 e. The van der Waals surface area contributed by atoms with E-state index in [-0.39, 0.29) is 5.91 Å². The van der Waals surface area contributed by atoms with Crippen molar-refractivity contribution in [2.45, 2.75) is 26.2 Å². The van der Waals surface area contributed by atoms with E-state index in [4.69, 9.17) is 0 Å². The molecule has 1 aromatic carbocycles. The second kappa shape index (κ2) is 8.53. The SMILES string of the molecule is Cc1nc(-c2ccccn2)sc1CC(=O)NCCCc1ccccc1. The van der Waals surface area contributed by atoms with Crippen LogP contribution in [0.3, 0.4) is 0 Å². The first-order valence-electron chi connectivity index (χ1n) is 8.40. The molecule has 0 aliphatic carbocycles. The minimum Gasteiger partial charge on any atom is -0.356 e. The summed E-state index contributed by atoms with van der Waals surface area (Å²) in [5.74, 6) is 0.0485. The number of amides is 1. The van der Waals surface area contributed by atoms with Crippen LogP contribution in [0, 0.1) is 6.92 Å². The van der Waals surface area contributed by atoms with Crippen LogP contribution in [0.1, 0.15) is 22.6 Å². The number of nitrogens with one attached hydrogen (secondary N) is 1. The van der Waals surface area contributed by atoms with Gasteiger partial charge in [0.2, 0.25) is 5.91 Å². The van der Waals surface area contributed by atoms with Crippen molar-refractivity contribution in [2.75, 3.05) is 6.54 Å². The minimum absolute atomic E-state index is 0.0485. The van der Waals surface area contributed by atoms with E-state index < -0.39 is 0 Å². The quantitative estimate of drug-likeness (QED) is 0.659. The van der Waals surface area contributed by atoms with Crippen molar-refractivity contribution < 1.29 is 4.79 Å². The third-order valence-electron chi connectivity index (χ3n) is 3.91. The number of pyridine rings is 1. The van der Waals surface area contributed by atoms with Gasteiger partial charge in [-0.05, 0) is 37.5 Å². The molecule has 3 rings (SSSR count). The van der Waals surface area contributed by atoms with Gasteiger partial charge in [-0.15, -0.1) is 11.3 Å². The number of hydrogen-bond donors (Lipinski definition) is 1. The zero-order valence-electron chi connectivity index (χ0n) is 14.2. The Balaban J connectivity index is 1.49. The van der Waals surface area contributed by atoms with Crippen LogP contribution < -0.4 is 5.32 Å². The molecule has 0 aliphatic heterocycles. The topological polar surface area (TPSA) is 54.9 Å². The second-order valence-corrected chi connectivity index (χ2v) is 6.94. The summed E-state index contributed by atoms with van der Waals surface area (Å²) in [5.41, 5.74) is 3.06. The molecule has 0 aliphatic rings. The number of aromatic nitrogens is 2. The number of benzene rings is 1. The van der Waals surface area contributed by atoms with Gasteiger partial charge in [0.05, 0.1) is 17.8 Å². The molecule has 3 aromatic rings. The van der Waals surface area contributed by atoms with Crippen molar-refractivity contribution in [3.05, 3.63) is 70.9 Å². The Bertz CT molecular complexity index is 815. The fourth-order valence-corrected chi connectivity index (χ4v) is 3.60. The molecule has 0 saturated heterocycles. The van der Waals surface area contributed by atoms with E-state index in [9.17, 15) is 4.79 Å². The standard InChI is InChI=1S/C20H21N3OS/c1-15-18(25-20(23-15)17-11-5-6-12-21-17)14-19(24)22-13-7-10-16-8-3-2-4-9-16/h2-6,8-9,11-12H,7,10,13-14H2,1H3,(H,22,24). The summed E-state index contributed by atoms with van der Waals surface area (Å²) in [6.07, 6.45) is 4.05. The van der Waals surface area contributed by atoms with Gasteiger partial charge < -0.3 is 5.32 Å². The van der Waals surface area contributed by atoms with E-state index in [1.807, 2.05) is 43.3 Å². The van der Waals surface area contributed by atoms with Gasteiger partial charge in [0, 0.05) is 17.6 Å². The fourth-order valence-electron chi connectivity index (χ4n) is 2.56. The number of carbonyl (C=O) groups is 1. The van der Waals surface area contributed by atoms with Gasteiger partial charge in [-0.1, -0.05) is 36.4 Å². The van der Waals surface area contributed by atoms with Crippen LogP contribution in [0.15, 0.2) is 54.7 Å². The Labute approximate surface area is 152 Å². The van der Waals surface area contributed by atoms with Gasteiger partial charge in [0.1, 0.15) is 5.01 Å². The highest BCUT2D eigenvalue weighted by Crippen LogP contribution is 2.26. The van der Waals surface area contributed by atoms with E-state index in [2.05, 4.69) is 27.4 Å². The summed E-state index contributed by atoms with van der Waals surface area (Å²) in [4.78, 5) is 22.0. The van der Waals surface area contributed by atoms with E-state index >= 15 is 0 Å². The Morgan fingerprint density at radius 2 is 1.92 bits per heavy atom. The average molecular weight is 351 g/mol. The van der Waals surface area contributed by atoms with Crippen molar-refractivity contribution in [1.82, 2.24) is 15.3 Å². The number of thiazole rings is 1. The highest BCUT2D eigenvalue weighted by Gasteiger charge is 2.13. The first-order chi connectivity index (χ1) is 12.2. The highest BCUT2D eigenvalue weighted by molar-refractivity contribution is 7.15. The van der Waals surface area contributed by atoms with E-state index in [1.165, 1.54) is 5.56 Å². The molecule has 0 saturated carbocycles. The smallest absolute Gasteiger partial charge is 0.225 e. The number of aryl methyl sites for hydroxylation is 2. The van der Waals surface area contributed by atoms with Crippen LogP contribution in [0.2, 0.25) is 0 Å². The molecule has 2 aromatic heterocycles. The summed E-state index contributed by atoms with van der Waals surface area (Å²) in [5, 5.41) is 3.87. The van der Waals surface area contributed by atoms with Crippen molar-refractivity contribution in [3.8, 4) is 10.7 Å². The normalized spacial score (nSPS) is 10.6. The first-order valence-corrected chi connectivity index (χ1v) is 9.22. The lowest BCUT2D eigenvalue weighted by Gasteiger charge is -2.05. The molecule has 0 atom stereocenters. The number of rotatable bonds is 7. The Morgan fingerprint density at radius 1 is 1.12 bits per heavy atom. The van der Waals surface area contributed by atoms with Gasteiger partial charge in [0.25, 0.3) is 0 Å². The lowest BCUT2D eigenvalue weighted by molar-refractivity contribution is -0.120. The van der Waals surface area contributed by atoms with Crippen molar-refractivity contribution in [2.24, 2.45) is 0 Å². The maximum atomic E-state index is 12.2.